The van der Waals surface area contributed by atoms with Crippen LogP contribution < -0.4 is 14.8 Å². The van der Waals surface area contributed by atoms with Crippen LogP contribution in [0.15, 0.2) is 77.7 Å². The Kier molecular flexibility index (Phi) is 6.19. The molecule has 0 saturated heterocycles. The summed E-state index contributed by atoms with van der Waals surface area (Å²) in [5.74, 6) is 1.51. The van der Waals surface area contributed by atoms with E-state index in [1.165, 1.54) is 12.1 Å². The molecular formula is C22H21NO5S. The van der Waals surface area contributed by atoms with Crippen LogP contribution in [0.1, 0.15) is 5.56 Å². The standard InChI is InChI=1S/C22H21NO5S/c1-16-8-13-20(29(2,25)26)14-21(16)23-22(24)15-27-17-9-11-19(12-10-17)28-18-6-4-3-5-7-18/h3-14H,15H2,1-2H3,(H,23,24). The highest BCUT2D eigenvalue weighted by Crippen LogP contribution is 2.24. The zero-order valence-corrected chi connectivity index (χ0v) is 16.9. The molecule has 0 bridgehead atoms. The van der Waals surface area contributed by atoms with E-state index in [1.54, 1.807) is 37.3 Å². The zero-order valence-electron chi connectivity index (χ0n) is 16.1. The lowest BCUT2D eigenvalue weighted by Crippen LogP contribution is -2.20. The van der Waals surface area contributed by atoms with Crippen LogP contribution in [-0.2, 0) is 14.6 Å². The number of amides is 1. The van der Waals surface area contributed by atoms with E-state index in [9.17, 15) is 13.2 Å². The van der Waals surface area contributed by atoms with Gasteiger partial charge in [0.2, 0.25) is 0 Å². The van der Waals surface area contributed by atoms with Gasteiger partial charge in [-0.05, 0) is 61.0 Å². The zero-order chi connectivity index (χ0) is 20.9. The predicted molar refractivity (Wildman–Crippen MR) is 111 cm³/mol. The molecular weight excluding hydrogens is 390 g/mol. The molecule has 29 heavy (non-hydrogen) atoms. The van der Waals surface area contributed by atoms with Gasteiger partial charge in [-0.2, -0.15) is 0 Å². The van der Waals surface area contributed by atoms with Crippen molar-refractivity contribution in [1.29, 1.82) is 0 Å². The molecule has 0 fully saturated rings. The average molecular weight is 411 g/mol. The van der Waals surface area contributed by atoms with Gasteiger partial charge in [0.25, 0.3) is 5.91 Å². The van der Waals surface area contributed by atoms with Crippen molar-refractivity contribution in [3.8, 4) is 17.2 Å². The highest BCUT2D eigenvalue weighted by atomic mass is 32.2. The Labute approximate surface area is 170 Å². The van der Waals surface area contributed by atoms with Crippen LogP contribution in [0.4, 0.5) is 5.69 Å². The first-order valence-electron chi connectivity index (χ1n) is 8.87. The first-order valence-corrected chi connectivity index (χ1v) is 10.8. The second-order valence-corrected chi connectivity index (χ2v) is 8.49. The Morgan fingerprint density at radius 2 is 1.52 bits per heavy atom. The van der Waals surface area contributed by atoms with Crippen molar-refractivity contribution in [3.05, 3.63) is 78.4 Å². The average Bonchev–Trinajstić information content (AvgIpc) is 2.69. The molecule has 0 saturated carbocycles. The summed E-state index contributed by atoms with van der Waals surface area (Å²) in [6, 6.07) is 20.9. The molecule has 0 unspecified atom stereocenters. The molecule has 1 amide bonds. The van der Waals surface area contributed by atoms with Crippen molar-refractivity contribution in [3.63, 3.8) is 0 Å². The third-order valence-corrected chi connectivity index (χ3v) is 5.19. The Hall–Kier alpha value is -3.32. The van der Waals surface area contributed by atoms with Crippen molar-refractivity contribution >= 4 is 21.4 Å². The summed E-state index contributed by atoms with van der Waals surface area (Å²) < 4.78 is 34.6. The van der Waals surface area contributed by atoms with Gasteiger partial charge in [0.05, 0.1) is 4.90 Å². The number of carbonyl (C=O) groups excluding carboxylic acids is 1. The van der Waals surface area contributed by atoms with E-state index in [4.69, 9.17) is 9.47 Å². The van der Waals surface area contributed by atoms with E-state index in [-0.39, 0.29) is 17.4 Å². The van der Waals surface area contributed by atoms with Crippen LogP contribution in [0.25, 0.3) is 0 Å². The van der Waals surface area contributed by atoms with Crippen molar-refractivity contribution in [2.24, 2.45) is 0 Å². The van der Waals surface area contributed by atoms with Gasteiger partial charge in [-0.15, -0.1) is 0 Å². The van der Waals surface area contributed by atoms with Gasteiger partial charge >= 0.3 is 0 Å². The number of carbonyl (C=O) groups is 1. The number of hydrogen-bond acceptors (Lipinski definition) is 5. The molecule has 0 aliphatic heterocycles. The Morgan fingerprint density at radius 1 is 0.897 bits per heavy atom. The molecule has 0 spiro atoms. The van der Waals surface area contributed by atoms with Crippen LogP contribution in [0.3, 0.4) is 0 Å². The lowest BCUT2D eigenvalue weighted by atomic mass is 10.2. The number of aryl methyl sites for hydroxylation is 1. The van der Waals surface area contributed by atoms with Crippen molar-refractivity contribution in [2.45, 2.75) is 11.8 Å². The minimum atomic E-state index is -3.35. The Balaban J connectivity index is 1.57. The number of anilines is 1. The minimum Gasteiger partial charge on any atom is -0.484 e. The minimum absolute atomic E-state index is 0.147. The molecule has 0 heterocycles. The largest absolute Gasteiger partial charge is 0.484 e. The number of para-hydroxylation sites is 1. The maximum Gasteiger partial charge on any atom is 0.262 e. The Morgan fingerprint density at radius 3 is 2.17 bits per heavy atom. The summed E-state index contributed by atoms with van der Waals surface area (Å²) in [5.41, 5.74) is 1.20. The number of hydrogen-bond donors (Lipinski definition) is 1. The SMILES string of the molecule is Cc1ccc(S(C)(=O)=O)cc1NC(=O)COc1ccc(Oc2ccccc2)cc1. The van der Waals surface area contributed by atoms with Crippen molar-refractivity contribution < 1.29 is 22.7 Å². The number of rotatable bonds is 7. The summed E-state index contributed by atoms with van der Waals surface area (Å²) >= 11 is 0. The molecule has 3 aromatic carbocycles. The second-order valence-electron chi connectivity index (χ2n) is 6.47. The fraction of sp³-hybridized carbons (Fsp3) is 0.136. The second kappa shape index (κ2) is 8.79. The first kappa shape index (κ1) is 20.4. The topological polar surface area (TPSA) is 81.7 Å². The highest BCUT2D eigenvalue weighted by molar-refractivity contribution is 7.90. The highest BCUT2D eigenvalue weighted by Gasteiger charge is 2.12. The molecule has 0 aliphatic carbocycles. The van der Waals surface area contributed by atoms with Crippen LogP contribution in [-0.4, -0.2) is 27.2 Å². The predicted octanol–water partition coefficient (Wildman–Crippen LogP) is 4.21. The molecule has 150 valence electrons. The van der Waals surface area contributed by atoms with Crippen molar-refractivity contribution in [1.82, 2.24) is 0 Å². The van der Waals surface area contributed by atoms with Crippen molar-refractivity contribution in [2.75, 3.05) is 18.2 Å². The molecule has 0 aromatic heterocycles. The number of sulfone groups is 1. The number of nitrogens with one attached hydrogen (secondary N) is 1. The Bertz CT molecular complexity index is 1090. The van der Waals surface area contributed by atoms with Crippen LogP contribution in [0.5, 0.6) is 17.2 Å². The van der Waals surface area contributed by atoms with Crippen LogP contribution >= 0.6 is 0 Å². The van der Waals surface area contributed by atoms with Crippen LogP contribution in [0.2, 0.25) is 0 Å². The van der Waals surface area contributed by atoms with E-state index in [2.05, 4.69) is 5.32 Å². The molecule has 0 radical (unpaired) electrons. The maximum absolute atomic E-state index is 12.2. The quantitative estimate of drug-likeness (QED) is 0.630. The molecule has 0 atom stereocenters. The molecule has 0 aliphatic rings. The van der Waals surface area contributed by atoms with Gasteiger partial charge in [-0.3, -0.25) is 4.79 Å². The molecule has 6 nitrogen and oxygen atoms in total. The van der Waals surface area contributed by atoms with E-state index in [0.29, 0.717) is 17.2 Å². The van der Waals surface area contributed by atoms with Gasteiger partial charge < -0.3 is 14.8 Å². The maximum atomic E-state index is 12.2. The van der Waals surface area contributed by atoms with Gasteiger partial charge in [-0.25, -0.2) is 8.42 Å². The summed E-state index contributed by atoms with van der Waals surface area (Å²) in [6.07, 6.45) is 1.12. The summed E-state index contributed by atoms with van der Waals surface area (Å²) in [5, 5.41) is 2.68. The smallest absolute Gasteiger partial charge is 0.262 e. The van der Waals surface area contributed by atoms with E-state index >= 15 is 0 Å². The lowest BCUT2D eigenvalue weighted by Gasteiger charge is -2.11. The van der Waals surface area contributed by atoms with E-state index in [0.717, 1.165) is 17.6 Å². The lowest BCUT2D eigenvalue weighted by molar-refractivity contribution is -0.118. The van der Waals surface area contributed by atoms with Gasteiger partial charge in [0, 0.05) is 11.9 Å². The molecule has 7 heteroatoms. The summed E-state index contributed by atoms with van der Waals surface area (Å²) in [7, 11) is -3.35. The fourth-order valence-electron chi connectivity index (χ4n) is 2.53. The third kappa shape index (κ3) is 5.83. The summed E-state index contributed by atoms with van der Waals surface area (Å²) in [4.78, 5) is 12.3. The monoisotopic (exact) mass is 411 g/mol. The molecule has 3 rings (SSSR count). The van der Waals surface area contributed by atoms with Gasteiger partial charge in [0.15, 0.2) is 16.4 Å². The first-order chi connectivity index (χ1) is 13.8. The summed E-state index contributed by atoms with van der Waals surface area (Å²) in [6.45, 7) is 1.58. The molecule has 3 aromatic rings. The van der Waals surface area contributed by atoms with E-state index in [1.807, 2.05) is 30.3 Å². The third-order valence-electron chi connectivity index (χ3n) is 4.08. The molecule has 1 N–H and O–H groups in total. The van der Waals surface area contributed by atoms with Crippen LogP contribution in [0, 0.1) is 6.92 Å². The van der Waals surface area contributed by atoms with Gasteiger partial charge in [-0.1, -0.05) is 24.3 Å². The van der Waals surface area contributed by atoms with Gasteiger partial charge in [0.1, 0.15) is 17.2 Å². The number of ether oxygens (including phenoxy) is 2. The number of benzene rings is 3. The normalized spacial score (nSPS) is 11.0. The fourth-order valence-corrected chi connectivity index (χ4v) is 3.18. The van der Waals surface area contributed by atoms with E-state index < -0.39 is 9.84 Å².